The van der Waals surface area contributed by atoms with Crippen LogP contribution in [0.15, 0.2) is 48.5 Å². The molecule has 1 N–H and O–H groups in total. The number of anilines is 1. The molecule has 3 aromatic rings. The summed E-state index contributed by atoms with van der Waals surface area (Å²) in [5, 5.41) is 2.46. The molecule has 0 saturated heterocycles. The summed E-state index contributed by atoms with van der Waals surface area (Å²) in [5.41, 5.74) is 1.37. The first-order valence-electron chi connectivity index (χ1n) is 8.91. The van der Waals surface area contributed by atoms with Crippen LogP contribution < -0.4 is 14.8 Å². The highest BCUT2D eigenvalue weighted by Gasteiger charge is 2.43. The second-order valence-corrected chi connectivity index (χ2v) is 6.86. The smallest absolute Gasteiger partial charge is 0.395 e. The van der Waals surface area contributed by atoms with Crippen molar-refractivity contribution in [2.45, 2.75) is 20.1 Å². The van der Waals surface area contributed by atoms with Crippen LogP contribution in [0.5, 0.6) is 11.5 Å². The number of hydrogen-bond donors (Lipinski definition) is 1. The second kappa shape index (κ2) is 7.05. The van der Waals surface area contributed by atoms with Gasteiger partial charge in [-0.25, -0.2) is 8.78 Å². The van der Waals surface area contributed by atoms with Crippen LogP contribution in [0.2, 0.25) is 0 Å². The van der Waals surface area contributed by atoms with E-state index >= 15 is 0 Å². The van der Waals surface area contributed by atoms with Crippen molar-refractivity contribution in [3.63, 3.8) is 0 Å². The molecule has 1 heterocycles. The third-order valence-electron chi connectivity index (χ3n) is 4.71. The summed E-state index contributed by atoms with van der Waals surface area (Å²) >= 11 is 0. The summed E-state index contributed by atoms with van der Waals surface area (Å²) in [5.74, 6) is -2.43. The van der Waals surface area contributed by atoms with Crippen molar-refractivity contribution in [1.29, 1.82) is 0 Å². The Morgan fingerprint density at radius 3 is 2.23 bits per heavy atom. The number of carbonyl (C=O) groups is 1. The molecular weight excluding hydrogens is 402 g/mol. The number of ether oxygens (including phenoxy) is 2. The predicted molar refractivity (Wildman–Crippen MR) is 102 cm³/mol. The van der Waals surface area contributed by atoms with E-state index in [-0.39, 0.29) is 28.3 Å². The molecule has 30 heavy (non-hydrogen) atoms. The van der Waals surface area contributed by atoms with Gasteiger partial charge in [-0.2, -0.15) is 0 Å². The predicted octanol–water partition coefficient (Wildman–Crippen LogP) is 5.82. The Labute approximate surface area is 169 Å². The first kappa shape index (κ1) is 19.8. The third kappa shape index (κ3) is 3.56. The van der Waals surface area contributed by atoms with Crippen molar-refractivity contribution >= 4 is 11.6 Å². The summed E-state index contributed by atoms with van der Waals surface area (Å²) < 4.78 is 64.1. The van der Waals surface area contributed by atoms with E-state index in [0.29, 0.717) is 16.7 Å². The fraction of sp³-hybridized carbons (Fsp3) is 0.136. The maximum absolute atomic E-state index is 14.8. The normalized spacial score (nSPS) is 13.9. The van der Waals surface area contributed by atoms with E-state index in [1.165, 1.54) is 30.3 Å². The van der Waals surface area contributed by atoms with E-state index in [2.05, 4.69) is 14.8 Å². The fourth-order valence-electron chi connectivity index (χ4n) is 3.31. The highest BCUT2D eigenvalue weighted by atomic mass is 19.3. The van der Waals surface area contributed by atoms with Gasteiger partial charge in [-0.1, -0.05) is 12.1 Å². The Morgan fingerprint density at radius 1 is 0.867 bits per heavy atom. The number of carbonyl (C=O) groups excluding carboxylic acids is 1. The summed E-state index contributed by atoms with van der Waals surface area (Å²) in [4.78, 5) is 12.4. The van der Waals surface area contributed by atoms with E-state index in [1.54, 1.807) is 19.9 Å². The molecule has 154 valence electrons. The standard InChI is InChI=1S/C22H15F4NO3/c1-11-4-3-5-16(23)20(11)21(28)27-13-6-7-14(17(24)9-13)15-10-19-18(8-12(15)2)29-22(25,26)30-19/h3-10H,1-2H3,(H,27,28). The molecule has 0 aliphatic carbocycles. The van der Waals surface area contributed by atoms with Crippen molar-refractivity contribution in [2.75, 3.05) is 5.32 Å². The second-order valence-electron chi connectivity index (χ2n) is 6.86. The molecule has 0 saturated carbocycles. The third-order valence-corrected chi connectivity index (χ3v) is 4.71. The van der Waals surface area contributed by atoms with Gasteiger partial charge in [-0.3, -0.25) is 4.79 Å². The van der Waals surface area contributed by atoms with Gasteiger partial charge < -0.3 is 14.8 Å². The van der Waals surface area contributed by atoms with Gasteiger partial charge in [0, 0.05) is 11.3 Å². The molecule has 0 unspecified atom stereocenters. The van der Waals surface area contributed by atoms with Crippen molar-refractivity contribution in [3.8, 4) is 22.6 Å². The first-order valence-corrected chi connectivity index (χ1v) is 8.91. The average molecular weight is 417 g/mol. The van der Waals surface area contributed by atoms with E-state index in [1.807, 2.05) is 0 Å². The van der Waals surface area contributed by atoms with Crippen LogP contribution in [0, 0.1) is 25.5 Å². The molecule has 4 nitrogen and oxygen atoms in total. The van der Waals surface area contributed by atoms with Crippen LogP contribution in [-0.4, -0.2) is 12.2 Å². The molecule has 0 atom stereocenters. The van der Waals surface area contributed by atoms with E-state index in [9.17, 15) is 22.4 Å². The molecular formula is C22H15F4NO3. The summed E-state index contributed by atoms with van der Waals surface area (Å²) in [6.07, 6.45) is -3.77. The molecule has 0 bridgehead atoms. The summed E-state index contributed by atoms with van der Waals surface area (Å²) in [6, 6.07) is 10.7. The number of aryl methyl sites for hydroxylation is 2. The fourth-order valence-corrected chi connectivity index (χ4v) is 3.31. The SMILES string of the molecule is Cc1cc2c(cc1-c1ccc(NC(=O)c3c(C)cccc3F)cc1F)OC(F)(F)O2. The Bertz CT molecular complexity index is 1160. The Morgan fingerprint density at radius 2 is 1.57 bits per heavy atom. The quantitative estimate of drug-likeness (QED) is 0.546. The lowest BCUT2D eigenvalue weighted by Gasteiger charge is -2.12. The van der Waals surface area contributed by atoms with Crippen LogP contribution in [0.3, 0.4) is 0 Å². The molecule has 1 aliphatic heterocycles. The number of halogens is 4. The number of rotatable bonds is 3. The molecule has 0 spiro atoms. The topological polar surface area (TPSA) is 47.6 Å². The minimum Gasteiger partial charge on any atom is -0.395 e. The van der Waals surface area contributed by atoms with Crippen molar-refractivity contribution in [1.82, 2.24) is 0 Å². The van der Waals surface area contributed by atoms with Crippen LogP contribution in [0.1, 0.15) is 21.5 Å². The van der Waals surface area contributed by atoms with E-state index in [4.69, 9.17) is 0 Å². The number of amides is 1. The van der Waals surface area contributed by atoms with Gasteiger partial charge in [0.05, 0.1) is 5.56 Å². The molecule has 4 rings (SSSR count). The Hall–Kier alpha value is -3.55. The summed E-state index contributed by atoms with van der Waals surface area (Å²) in [7, 11) is 0. The summed E-state index contributed by atoms with van der Waals surface area (Å²) in [6.45, 7) is 3.21. The van der Waals surface area contributed by atoms with Crippen LogP contribution in [0.25, 0.3) is 11.1 Å². The molecule has 1 amide bonds. The minimum absolute atomic E-state index is 0.119. The van der Waals surface area contributed by atoms with Gasteiger partial charge in [-0.05, 0) is 66.9 Å². The van der Waals surface area contributed by atoms with Gasteiger partial charge >= 0.3 is 6.29 Å². The number of nitrogens with one attached hydrogen (secondary N) is 1. The molecule has 1 aliphatic rings. The number of alkyl halides is 2. The molecule has 0 aromatic heterocycles. The van der Waals surface area contributed by atoms with E-state index in [0.717, 1.165) is 12.1 Å². The zero-order valence-electron chi connectivity index (χ0n) is 15.9. The Balaban J connectivity index is 1.63. The maximum atomic E-state index is 14.8. The van der Waals surface area contributed by atoms with Gasteiger partial charge in [0.1, 0.15) is 11.6 Å². The van der Waals surface area contributed by atoms with Gasteiger partial charge in [0.15, 0.2) is 11.5 Å². The lowest BCUT2D eigenvalue weighted by atomic mass is 9.99. The molecule has 8 heteroatoms. The largest absolute Gasteiger partial charge is 0.586 e. The van der Waals surface area contributed by atoms with Crippen molar-refractivity contribution in [3.05, 3.63) is 76.9 Å². The minimum atomic E-state index is -3.77. The average Bonchev–Trinajstić information content (AvgIpc) is 2.94. The zero-order chi connectivity index (χ0) is 21.6. The number of benzene rings is 3. The lowest BCUT2D eigenvalue weighted by molar-refractivity contribution is -0.286. The molecule has 0 fully saturated rings. The van der Waals surface area contributed by atoms with Crippen LogP contribution in [0.4, 0.5) is 23.2 Å². The van der Waals surface area contributed by atoms with Crippen molar-refractivity contribution in [2.24, 2.45) is 0 Å². The monoisotopic (exact) mass is 417 g/mol. The molecule has 0 radical (unpaired) electrons. The van der Waals surface area contributed by atoms with Crippen LogP contribution >= 0.6 is 0 Å². The Kier molecular flexibility index (Phi) is 4.64. The highest BCUT2D eigenvalue weighted by Crippen LogP contribution is 2.45. The first-order chi connectivity index (χ1) is 14.1. The molecule has 3 aromatic carbocycles. The lowest BCUT2D eigenvalue weighted by Crippen LogP contribution is -2.25. The van der Waals surface area contributed by atoms with Crippen molar-refractivity contribution < 1.29 is 31.8 Å². The van der Waals surface area contributed by atoms with Gasteiger partial charge in [0.2, 0.25) is 0 Å². The van der Waals surface area contributed by atoms with Crippen LogP contribution in [-0.2, 0) is 0 Å². The van der Waals surface area contributed by atoms with Gasteiger partial charge in [-0.15, -0.1) is 8.78 Å². The maximum Gasteiger partial charge on any atom is 0.586 e. The number of fused-ring (bicyclic) bond motifs is 1. The van der Waals surface area contributed by atoms with E-state index < -0.39 is 23.8 Å². The number of hydrogen-bond acceptors (Lipinski definition) is 3. The van der Waals surface area contributed by atoms with Gasteiger partial charge in [0.25, 0.3) is 5.91 Å². The zero-order valence-corrected chi connectivity index (χ0v) is 15.9. The highest BCUT2D eigenvalue weighted by molar-refractivity contribution is 6.05.